The maximum absolute atomic E-state index is 5.65. The Morgan fingerprint density at radius 1 is 1.33 bits per heavy atom. The van der Waals surface area contributed by atoms with Crippen LogP contribution in [-0.4, -0.2) is 42.3 Å². The van der Waals surface area contributed by atoms with Crippen LogP contribution in [-0.2, 0) is 4.74 Å². The van der Waals surface area contributed by atoms with Crippen molar-refractivity contribution in [2.24, 2.45) is 5.92 Å². The molecule has 2 unspecified atom stereocenters. The monoisotopic (exact) mass is 290 g/mol. The summed E-state index contributed by atoms with van der Waals surface area (Å²) in [6, 6.07) is 2.02. The van der Waals surface area contributed by atoms with Gasteiger partial charge < -0.3 is 15.0 Å². The standard InChI is InChI=1S/C16H26N4O/c1-12-5-3-7-20(11-12)16-18-13(2)9-15(19-16)17-10-14-6-4-8-21-14/h9,12,14H,3-8,10-11H2,1-2H3,(H,17,18,19). The molecule has 1 aromatic rings. The highest BCUT2D eigenvalue weighted by atomic mass is 16.5. The molecule has 3 rings (SSSR count). The molecule has 5 nitrogen and oxygen atoms in total. The minimum absolute atomic E-state index is 0.332. The molecule has 0 aromatic carbocycles. The number of rotatable bonds is 4. The summed E-state index contributed by atoms with van der Waals surface area (Å²) in [5.41, 5.74) is 1.02. The van der Waals surface area contributed by atoms with Gasteiger partial charge in [0.1, 0.15) is 5.82 Å². The van der Waals surface area contributed by atoms with E-state index in [0.29, 0.717) is 6.10 Å². The van der Waals surface area contributed by atoms with Crippen molar-refractivity contribution < 1.29 is 4.74 Å². The normalized spacial score (nSPS) is 26.1. The summed E-state index contributed by atoms with van der Waals surface area (Å²) >= 11 is 0. The fourth-order valence-electron chi connectivity index (χ4n) is 3.18. The molecule has 21 heavy (non-hydrogen) atoms. The average molecular weight is 290 g/mol. The molecule has 1 aromatic heterocycles. The van der Waals surface area contributed by atoms with Gasteiger partial charge in [0, 0.05) is 38.0 Å². The van der Waals surface area contributed by atoms with E-state index in [4.69, 9.17) is 9.72 Å². The number of hydrogen-bond donors (Lipinski definition) is 1. The molecule has 2 aliphatic rings. The summed E-state index contributed by atoms with van der Waals surface area (Å²) in [4.78, 5) is 11.6. The summed E-state index contributed by atoms with van der Waals surface area (Å²) < 4.78 is 5.65. The summed E-state index contributed by atoms with van der Waals surface area (Å²) in [6.07, 6.45) is 5.20. The Bertz CT molecular complexity index is 473. The summed E-state index contributed by atoms with van der Waals surface area (Å²) in [5.74, 6) is 2.52. The van der Waals surface area contributed by atoms with Crippen LogP contribution in [0, 0.1) is 12.8 Å². The van der Waals surface area contributed by atoms with Crippen LogP contribution in [0.2, 0.25) is 0 Å². The molecule has 5 heteroatoms. The number of nitrogens with one attached hydrogen (secondary N) is 1. The van der Waals surface area contributed by atoms with Crippen LogP contribution >= 0.6 is 0 Å². The molecule has 3 heterocycles. The molecule has 2 saturated heterocycles. The van der Waals surface area contributed by atoms with Gasteiger partial charge in [-0.2, -0.15) is 4.98 Å². The fraction of sp³-hybridized carbons (Fsp3) is 0.750. The topological polar surface area (TPSA) is 50.3 Å². The molecule has 0 aliphatic carbocycles. The van der Waals surface area contributed by atoms with E-state index < -0.39 is 0 Å². The van der Waals surface area contributed by atoms with Crippen molar-refractivity contribution in [3.8, 4) is 0 Å². The van der Waals surface area contributed by atoms with Gasteiger partial charge in [-0.1, -0.05) is 6.92 Å². The Kier molecular flexibility index (Phi) is 4.58. The van der Waals surface area contributed by atoms with Crippen molar-refractivity contribution >= 4 is 11.8 Å². The minimum Gasteiger partial charge on any atom is -0.376 e. The smallest absolute Gasteiger partial charge is 0.227 e. The Morgan fingerprint density at radius 2 is 2.24 bits per heavy atom. The zero-order chi connectivity index (χ0) is 14.7. The van der Waals surface area contributed by atoms with Gasteiger partial charge in [0.2, 0.25) is 5.95 Å². The van der Waals surface area contributed by atoms with Crippen molar-refractivity contribution in [1.82, 2.24) is 9.97 Å². The molecule has 0 amide bonds. The third-order valence-electron chi connectivity index (χ3n) is 4.32. The van der Waals surface area contributed by atoms with E-state index in [1.165, 1.54) is 19.3 Å². The first-order valence-electron chi connectivity index (χ1n) is 8.17. The van der Waals surface area contributed by atoms with Gasteiger partial charge in [0.05, 0.1) is 6.10 Å². The van der Waals surface area contributed by atoms with E-state index in [1.54, 1.807) is 0 Å². The minimum atomic E-state index is 0.332. The van der Waals surface area contributed by atoms with E-state index >= 15 is 0 Å². The third-order valence-corrected chi connectivity index (χ3v) is 4.32. The molecular formula is C16H26N4O. The van der Waals surface area contributed by atoms with Crippen molar-refractivity contribution in [2.75, 3.05) is 36.5 Å². The van der Waals surface area contributed by atoms with Crippen molar-refractivity contribution in [3.63, 3.8) is 0 Å². The maximum Gasteiger partial charge on any atom is 0.227 e. The van der Waals surface area contributed by atoms with Gasteiger partial charge in [0.25, 0.3) is 0 Å². The van der Waals surface area contributed by atoms with Crippen LogP contribution < -0.4 is 10.2 Å². The summed E-state index contributed by atoms with van der Waals surface area (Å²) in [6.45, 7) is 8.21. The number of piperidine rings is 1. The molecule has 1 N–H and O–H groups in total. The van der Waals surface area contributed by atoms with E-state index in [2.05, 4.69) is 22.1 Å². The first kappa shape index (κ1) is 14.6. The molecule has 0 saturated carbocycles. The maximum atomic E-state index is 5.65. The lowest BCUT2D eigenvalue weighted by Crippen LogP contribution is -2.35. The lowest BCUT2D eigenvalue weighted by atomic mass is 10.0. The predicted octanol–water partition coefficient (Wildman–Crippen LogP) is 2.61. The van der Waals surface area contributed by atoms with E-state index in [0.717, 1.165) is 56.0 Å². The second-order valence-corrected chi connectivity index (χ2v) is 6.40. The number of anilines is 2. The first-order valence-corrected chi connectivity index (χ1v) is 8.17. The number of aromatic nitrogens is 2. The van der Waals surface area contributed by atoms with Crippen LogP contribution in [0.1, 0.15) is 38.3 Å². The Labute approximate surface area is 127 Å². The number of nitrogens with zero attached hydrogens (tertiary/aromatic N) is 3. The van der Waals surface area contributed by atoms with Gasteiger partial charge >= 0.3 is 0 Å². The van der Waals surface area contributed by atoms with Crippen LogP contribution in [0.3, 0.4) is 0 Å². The molecule has 116 valence electrons. The molecule has 0 spiro atoms. The van der Waals surface area contributed by atoms with Crippen LogP contribution in [0.25, 0.3) is 0 Å². The van der Waals surface area contributed by atoms with Crippen molar-refractivity contribution in [3.05, 3.63) is 11.8 Å². The first-order chi connectivity index (χ1) is 10.2. The number of ether oxygens (including phenoxy) is 1. The van der Waals surface area contributed by atoms with E-state index in [9.17, 15) is 0 Å². The SMILES string of the molecule is Cc1cc(NCC2CCCO2)nc(N2CCCC(C)C2)n1. The largest absolute Gasteiger partial charge is 0.376 e. The highest BCUT2D eigenvalue weighted by Gasteiger charge is 2.20. The quantitative estimate of drug-likeness (QED) is 0.923. The second-order valence-electron chi connectivity index (χ2n) is 6.40. The van der Waals surface area contributed by atoms with Gasteiger partial charge in [0.15, 0.2) is 0 Å². The average Bonchev–Trinajstić information content (AvgIpc) is 2.98. The molecule has 0 radical (unpaired) electrons. The predicted molar refractivity (Wildman–Crippen MR) is 84.8 cm³/mol. The fourth-order valence-corrected chi connectivity index (χ4v) is 3.18. The van der Waals surface area contributed by atoms with Crippen molar-refractivity contribution in [2.45, 2.75) is 45.6 Å². The van der Waals surface area contributed by atoms with E-state index in [1.807, 2.05) is 13.0 Å². The van der Waals surface area contributed by atoms with Gasteiger partial charge in [-0.25, -0.2) is 4.98 Å². The Hall–Kier alpha value is -1.36. The molecule has 2 aliphatic heterocycles. The van der Waals surface area contributed by atoms with Gasteiger partial charge in [-0.3, -0.25) is 0 Å². The highest BCUT2D eigenvalue weighted by molar-refractivity contribution is 5.44. The third kappa shape index (κ3) is 3.84. The zero-order valence-corrected chi connectivity index (χ0v) is 13.1. The summed E-state index contributed by atoms with van der Waals surface area (Å²) in [7, 11) is 0. The number of aryl methyl sites for hydroxylation is 1. The van der Waals surface area contributed by atoms with Gasteiger partial charge in [-0.15, -0.1) is 0 Å². The second kappa shape index (κ2) is 6.60. The lowest BCUT2D eigenvalue weighted by molar-refractivity contribution is 0.120. The highest BCUT2D eigenvalue weighted by Crippen LogP contribution is 2.22. The molecule has 2 fully saturated rings. The van der Waals surface area contributed by atoms with Gasteiger partial charge in [-0.05, 0) is 38.5 Å². The zero-order valence-electron chi connectivity index (χ0n) is 13.1. The summed E-state index contributed by atoms with van der Waals surface area (Å²) in [5, 5.41) is 3.42. The van der Waals surface area contributed by atoms with E-state index in [-0.39, 0.29) is 0 Å². The van der Waals surface area contributed by atoms with Crippen molar-refractivity contribution in [1.29, 1.82) is 0 Å². The Balaban J connectivity index is 1.66. The molecule has 0 bridgehead atoms. The lowest BCUT2D eigenvalue weighted by Gasteiger charge is -2.31. The molecular weight excluding hydrogens is 264 g/mol. The van der Waals surface area contributed by atoms with Crippen LogP contribution in [0.4, 0.5) is 11.8 Å². The van der Waals surface area contributed by atoms with Crippen LogP contribution in [0.5, 0.6) is 0 Å². The number of hydrogen-bond acceptors (Lipinski definition) is 5. The molecule has 2 atom stereocenters. The van der Waals surface area contributed by atoms with Crippen LogP contribution in [0.15, 0.2) is 6.07 Å². The Morgan fingerprint density at radius 3 is 3.00 bits per heavy atom.